The smallest absolute Gasteiger partial charge is 0.273 e. The van der Waals surface area contributed by atoms with Crippen LogP contribution in [0.4, 0.5) is 10.1 Å². The second-order valence-electron chi connectivity index (χ2n) is 4.87. The van der Waals surface area contributed by atoms with Crippen molar-refractivity contribution in [2.75, 3.05) is 12.4 Å². The number of hydrogen-bond acceptors (Lipinski definition) is 4. The molecule has 0 atom stereocenters. The van der Waals surface area contributed by atoms with Crippen LogP contribution in [0.25, 0.3) is 16.7 Å². The minimum atomic E-state index is -0.691. The zero-order valence-electron chi connectivity index (χ0n) is 12.3. The zero-order valence-corrected chi connectivity index (χ0v) is 14.6. The molecule has 8 heteroatoms. The summed E-state index contributed by atoms with van der Waals surface area (Å²) in [4.78, 5) is 16.8. The number of nitrogens with zero attached hydrogens (tertiary/aromatic N) is 3. The number of halogens is 3. The molecule has 0 aliphatic rings. The van der Waals surface area contributed by atoms with E-state index in [1.165, 1.54) is 10.6 Å². The van der Waals surface area contributed by atoms with E-state index >= 15 is 0 Å². The monoisotopic (exact) mass is 406 g/mol. The summed E-state index contributed by atoms with van der Waals surface area (Å²) in [6.45, 7) is 0. The van der Waals surface area contributed by atoms with Crippen LogP contribution in [0.2, 0.25) is 5.15 Å². The van der Waals surface area contributed by atoms with Crippen LogP contribution in [0.1, 0.15) is 5.56 Å². The number of anilines is 1. The molecule has 0 aliphatic carbocycles. The highest BCUT2D eigenvalue weighted by atomic mass is 79.9. The molecule has 0 spiro atoms. The highest BCUT2D eigenvalue weighted by molar-refractivity contribution is 9.10. The van der Waals surface area contributed by atoms with Crippen molar-refractivity contribution in [3.05, 3.63) is 61.7 Å². The summed E-state index contributed by atoms with van der Waals surface area (Å²) in [5, 5.41) is 12.0. The van der Waals surface area contributed by atoms with Gasteiger partial charge in [-0.2, -0.15) is 5.26 Å². The Balaban J connectivity index is 2.52. The number of fused-ring (bicyclic) bond motifs is 1. The van der Waals surface area contributed by atoms with E-state index in [9.17, 15) is 9.18 Å². The number of nitrogens with one attached hydrogen (secondary N) is 1. The summed E-state index contributed by atoms with van der Waals surface area (Å²) in [5.41, 5.74) is 1.01. The third-order valence-corrected chi connectivity index (χ3v) is 4.49. The Morgan fingerprint density at radius 1 is 1.42 bits per heavy atom. The lowest BCUT2D eigenvalue weighted by molar-refractivity contribution is 0.624. The summed E-state index contributed by atoms with van der Waals surface area (Å²) in [6, 6.07) is 9.70. The fourth-order valence-electron chi connectivity index (χ4n) is 2.43. The lowest BCUT2D eigenvalue weighted by Gasteiger charge is -2.15. The number of rotatable bonds is 2. The lowest BCUT2D eigenvalue weighted by atomic mass is 10.2. The van der Waals surface area contributed by atoms with Gasteiger partial charge in [0.1, 0.15) is 4.47 Å². The third-order valence-electron chi connectivity index (χ3n) is 3.49. The van der Waals surface area contributed by atoms with Crippen LogP contribution in [-0.4, -0.2) is 16.6 Å². The van der Waals surface area contributed by atoms with E-state index < -0.39 is 11.4 Å². The Kier molecular flexibility index (Phi) is 4.26. The molecule has 5 nitrogen and oxygen atoms in total. The van der Waals surface area contributed by atoms with Crippen molar-refractivity contribution in [2.45, 2.75) is 0 Å². The second kappa shape index (κ2) is 6.23. The highest BCUT2D eigenvalue weighted by Gasteiger charge is 2.19. The van der Waals surface area contributed by atoms with Gasteiger partial charge in [-0.05, 0) is 40.2 Å². The van der Waals surface area contributed by atoms with E-state index in [-0.39, 0.29) is 15.3 Å². The van der Waals surface area contributed by atoms with Crippen molar-refractivity contribution in [3.8, 4) is 11.8 Å². The van der Waals surface area contributed by atoms with Crippen LogP contribution in [0.3, 0.4) is 0 Å². The van der Waals surface area contributed by atoms with Crippen LogP contribution < -0.4 is 10.9 Å². The van der Waals surface area contributed by atoms with Crippen molar-refractivity contribution in [1.82, 2.24) is 9.55 Å². The Morgan fingerprint density at radius 2 is 2.17 bits per heavy atom. The van der Waals surface area contributed by atoms with Crippen molar-refractivity contribution in [2.24, 2.45) is 0 Å². The Hall–Kier alpha value is -2.43. The summed E-state index contributed by atoms with van der Waals surface area (Å²) < 4.78 is 15.4. The molecule has 0 aliphatic heterocycles. The molecule has 0 saturated carbocycles. The highest BCUT2D eigenvalue weighted by Crippen LogP contribution is 2.31. The SMILES string of the molecule is CNc1c(Br)c(=O)n(-c2cccc(C#N)c2)c2nc(Cl)c(F)cc12. The van der Waals surface area contributed by atoms with Crippen LogP contribution in [-0.2, 0) is 0 Å². The normalized spacial score (nSPS) is 10.6. The first-order valence-corrected chi connectivity index (χ1v) is 7.93. The van der Waals surface area contributed by atoms with Gasteiger partial charge in [0.25, 0.3) is 5.56 Å². The average Bonchev–Trinajstić information content (AvgIpc) is 2.58. The van der Waals surface area contributed by atoms with Gasteiger partial charge in [0.05, 0.1) is 23.0 Å². The number of aromatic nitrogens is 2. The first-order valence-electron chi connectivity index (χ1n) is 6.76. The fraction of sp³-hybridized carbons (Fsp3) is 0.0625. The standard InChI is InChI=1S/C16H9BrClFN4O/c1-21-13-10-6-11(19)14(18)22-15(10)23(16(24)12(13)17)9-4-2-3-8(5-9)7-20/h2-6,21H,1H3. The molecule has 1 N–H and O–H groups in total. The molecule has 0 saturated heterocycles. The molecule has 2 aromatic heterocycles. The Labute approximate surface area is 149 Å². The number of nitriles is 1. The molecular formula is C16H9BrClFN4O. The Bertz CT molecular complexity index is 1070. The van der Waals surface area contributed by atoms with E-state index in [0.717, 1.165) is 0 Å². The van der Waals surface area contributed by atoms with Gasteiger partial charge in [0.15, 0.2) is 16.6 Å². The summed E-state index contributed by atoms with van der Waals surface area (Å²) in [7, 11) is 1.62. The minimum Gasteiger partial charge on any atom is -0.386 e. The van der Waals surface area contributed by atoms with Gasteiger partial charge in [0.2, 0.25) is 0 Å². The molecule has 3 rings (SSSR count). The number of benzene rings is 1. The molecule has 0 bridgehead atoms. The van der Waals surface area contributed by atoms with Gasteiger partial charge in [-0.15, -0.1) is 0 Å². The molecule has 1 aromatic carbocycles. The number of hydrogen-bond donors (Lipinski definition) is 1. The molecular weight excluding hydrogens is 399 g/mol. The summed E-state index contributed by atoms with van der Waals surface area (Å²) >= 11 is 9.05. The number of pyridine rings is 2. The quantitative estimate of drug-likeness (QED) is 0.655. The largest absolute Gasteiger partial charge is 0.386 e. The lowest BCUT2D eigenvalue weighted by Crippen LogP contribution is -2.22. The van der Waals surface area contributed by atoms with Gasteiger partial charge < -0.3 is 5.32 Å². The minimum absolute atomic E-state index is 0.189. The first kappa shape index (κ1) is 16.4. The van der Waals surface area contributed by atoms with Gasteiger partial charge in [-0.1, -0.05) is 17.7 Å². The Morgan fingerprint density at radius 3 is 2.83 bits per heavy atom. The van der Waals surface area contributed by atoms with Crippen LogP contribution >= 0.6 is 27.5 Å². The summed E-state index contributed by atoms with van der Waals surface area (Å²) in [6.07, 6.45) is 0. The van der Waals surface area contributed by atoms with Crippen LogP contribution in [0, 0.1) is 17.1 Å². The van der Waals surface area contributed by atoms with Gasteiger partial charge in [0, 0.05) is 12.4 Å². The van der Waals surface area contributed by atoms with E-state index in [2.05, 4.69) is 26.2 Å². The van der Waals surface area contributed by atoms with Gasteiger partial charge in [-0.3, -0.25) is 9.36 Å². The van der Waals surface area contributed by atoms with Crippen LogP contribution in [0.15, 0.2) is 39.6 Å². The first-order chi connectivity index (χ1) is 11.5. The van der Waals surface area contributed by atoms with E-state index in [1.807, 2.05) is 6.07 Å². The molecule has 120 valence electrons. The topological polar surface area (TPSA) is 70.7 Å². The molecule has 0 fully saturated rings. The maximum Gasteiger partial charge on any atom is 0.273 e. The van der Waals surface area contributed by atoms with Crippen molar-refractivity contribution in [1.29, 1.82) is 5.26 Å². The van der Waals surface area contributed by atoms with Crippen molar-refractivity contribution < 1.29 is 4.39 Å². The van der Waals surface area contributed by atoms with E-state index in [4.69, 9.17) is 16.9 Å². The third kappa shape index (κ3) is 2.54. The predicted octanol–water partition coefficient (Wildman–Crippen LogP) is 3.85. The maximum absolute atomic E-state index is 13.9. The van der Waals surface area contributed by atoms with Crippen molar-refractivity contribution >= 4 is 44.3 Å². The average molecular weight is 408 g/mol. The van der Waals surface area contributed by atoms with Gasteiger partial charge in [-0.25, -0.2) is 9.37 Å². The molecule has 2 heterocycles. The molecule has 0 amide bonds. The fourth-order valence-corrected chi connectivity index (χ4v) is 3.15. The molecule has 0 unspecified atom stereocenters. The summed E-state index contributed by atoms with van der Waals surface area (Å²) in [5.74, 6) is -0.691. The molecule has 3 aromatic rings. The molecule has 24 heavy (non-hydrogen) atoms. The van der Waals surface area contributed by atoms with E-state index in [1.54, 1.807) is 31.3 Å². The maximum atomic E-state index is 13.9. The van der Waals surface area contributed by atoms with Crippen molar-refractivity contribution in [3.63, 3.8) is 0 Å². The predicted molar refractivity (Wildman–Crippen MR) is 94.3 cm³/mol. The zero-order chi connectivity index (χ0) is 17.4. The molecule has 0 radical (unpaired) electrons. The second-order valence-corrected chi connectivity index (χ2v) is 6.02. The van der Waals surface area contributed by atoms with E-state index in [0.29, 0.717) is 22.3 Å². The van der Waals surface area contributed by atoms with Crippen LogP contribution in [0.5, 0.6) is 0 Å². The van der Waals surface area contributed by atoms with Gasteiger partial charge >= 0.3 is 0 Å².